The van der Waals surface area contributed by atoms with Crippen molar-refractivity contribution in [2.45, 2.75) is 45.4 Å². The maximum atomic E-state index is 11.9. The lowest BCUT2D eigenvalue weighted by Gasteiger charge is -2.42. The van der Waals surface area contributed by atoms with Crippen LogP contribution in [-0.4, -0.2) is 31.6 Å². The molecule has 190 valence electrons. The topological polar surface area (TPSA) is 57.2 Å². The molecule has 0 bridgehead atoms. The fourth-order valence-electron chi connectivity index (χ4n) is 5.12. The number of halogens is 1. The van der Waals surface area contributed by atoms with Gasteiger partial charge in [-0.2, -0.15) is 0 Å². The number of fused-ring (bicyclic) bond motifs is 4. The predicted molar refractivity (Wildman–Crippen MR) is 140 cm³/mol. The maximum Gasteiger partial charge on any atom is 0.311 e. The molecule has 0 radical (unpaired) electrons. The summed E-state index contributed by atoms with van der Waals surface area (Å²) < 4.78 is 23.2. The van der Waals surface area contributed by atoms with E-state index < -0.39 is 0 Å². The number of nitrogens with zero attached hydrogens (tertiary/aromatic N) is 1. The van der Waals surface area contributed by atoms with E-state index >= 15 is 0 Å². The molecule has 7 heteroatoms. The van der Waals surface area contributed by atoms with E-state index in [1.807, 2.05) is 24.3 Å². The molecule has 2 aliphatic rings. The highest BCUT2D eigenvalue weighted by atomic mass is 35.5. The maximum absolute atomic E-state index is 11.9. The summed E-state index contributed by atoms with van der Waals surface area (Å²) in [5, 5.41) is 0. The number of hydrogen-bond donors (Lipinski definition) is 0. The minimum Gasteiger partial charge on any atom is -0.493 e. The molecule has 0 aromatic heterocycles. The number of carbonyl (C=O) groups excluding carboxylic acids is 1. The zero-order chi connectivity index (χ0) is 24.4. The number of rotatable bonds is 7. The standard InChI is InChI=1S/C29H31NO5.ClH/c1-4-28(31)35-25-11-10-20-14-24-22-16-27(34-18-19-8-6-5-7-9-19)26(32-2)15-21(22)12-13-30(24)17-23(20)29(25)33-3;/h5-11,15-16,24H,4,12-14,17-18H2,1-3H3;1H. The quantitative estimate of drug-likeness (QED) is 0.302. The van der Waals surface area contributed by atoms with Crippen LogP contribution in [0.1, 0.15) is 47.2 Å². The second-order valence-electron chi connectivity index (χ2n) is 8.98. The number of benzene rings is 3. The van der Waals surface area contributed by atoms with Crippen molar-refractivity contribution in [1.29, 1.82) is 0 Å². The van der Waals surface area contributed by atoms with Gasteiger partial charge in [-0.1, -0.05) is 43.3 Å². The average Bonchev–Trinajstić information content (AvgIpc) is 2.90. The zero-order valence-electron chi connectivity index (χ0n) is 20.9. The van der Waals surface area contributed by atoms with Crippen molar-refractivity contribution < 1.29 is 23.7 Å². The van der Waals surface area contributed by atoms with Crippen LogP contribution in [0.4, 0.5) is 0 Å². The van der Waals surface area contributed by atoms with Crippen molar-refractivity contribution in [1.82, 2.24) is 4.90 Å². The number of carbonyl (C=O) groups is 1. The predicted octanol–water partition coefficient (Wildman–Crippen LogP) is 5.68. The van der Waals surface area contributed by atoms with E-state index in [2.05, 4.69) is 35.2 Å². The largest absolute Gasteiger partial charge is 0.493 e. The molecule has 0 spiro atoms. The summed E-state index contributed by atoms with van der Waals surface area (Å²) in [5.41, 5.74) is 6.02. The second kappa shape index (κ2) is 11.2. The molecule has 2 heterocycles. The summed E-state index contributed by atoms with van der Waals surface area (Å²) >= 11 is 0. The smallest absolute Gasteiger partial charge is 0.311 e. The summed E-state index contributed by atoms with van der Waals surface area (Å²) in [6.45, 7) is 3.96. The third-order valence-corrected chi connectivity index (χ3v) is 6.94. The van der Waals surface area contributed by atoms with Gasteiger partial charge in [0.1, 0.15) is 6.61 Å². The van der Waals surface area contributed by atoms with Gasteiger partial charge in [0, 0.05) is 31.1 Å². The lowest BCUT2D eigenvalue weighted by Crippen LogP contribution is -2.39. The molecule has 0 amide bonds. The molecule has 0 saturated carbocycles. The molecule has 1 unspecified atom stereocenters. The van der Waals surface area contributed by atoms with Crippen LogP contribution >= 0.6 is 12.4 Å². The van der Waals surface area contributed by atoms with Crippen molar-refractivity contribution >= 4 is 18.4 Å². The van der Waals surface area contributed by atoms with Gasteiger partial charge in [0.05, 0.1) is 14.2 Å². The van der Waals surface area contributed by atoms with Crippen LogP contribution < -0.4 is 18.9 Å². The highest BCUT2D eigenvalue weighted by Gasteiger charge is 2.35. The molecule has 6 nitrogen and oxygen atoms in total. The van der Waals surface area contributed by atoms with Crippen LogP contribution in [0.5, 0.6) is 23.0 Å². The summed E-state index contributed by atoms with van der Waals surface area (Å²) in [7, 11) is 3.33. The molecular weight excluding hydrogens is 478 g/mol. The summed E-state index contributed by atoms with van der Waals surface area (Å²) in [5.74, 6) is 2.43. The van der Waals surface area contributed by atoms with Crippen LogP contribution in [0.25, 0.3) is 0 Å². The molecule has 1 atom stereocenters. The van der Waals surface area contributed by atoms with Gasteiger partial charge in [0.15, 0.2) is 23.0 Å². The Morgan fingerprint density at radius 2 is 1.78 bits per heavy atom. The third-order valence-electron chi connectivity index (χ3n) is 6.94. The minimum absolute atomic E-state index is 0. The Bertz CT molecular complexity index is 1230. The van der Waals surface area contributed by atoms with Crippen molar-refractivity contribution in [3.8, 4) is 23.0 Å². The fourth-order valence-corrected chi connectivity index (χ4v) is 5.12. The second-order valence-corrected chi connectivity index (χ2v) is 8.98. The molecule has 3 aromatic carbocycles. The Labute approximate surface area is 218 Å². The molecule has 0 N–H and O–H groups in total. The lowest BCUT2D eigenvalue weighted by molar-refractivity contribution is -0.134. The molecule has 0 aliphatic carbocycles. The van der Waals surface area contributed by atoms with E-state index in [1.54, 1.807) is 21.1 Å². The number of hydrogen-bond acceptors (Lipinski definition) is 6. The fraction of sp³-hybridized carbons (Fsp3) is 0.345. The Morgan fingerprint density at radius 3 is 2.50 bits per heavy atom. The first-order chi connectivity index (χ1) is 17.1. The van der Waals surface area contributed by atoms with Gasteiger partial charge >= 0.3 is 5.97 Å². The van der Waals surface area contributed by atoms with E-state index in [-0.39, 0.29) is 24.4 Å². The van der Waals surface area contributed by atoms with Gasteiger partial charge < -0.3 is 18.9 Å². The Morgan fingerprint density at radius 1 is 0.972 bits per heavy atom. The van der Waals surface area contributed by atoms with Gasteiger partial charge in [-0.3, -0.25) is 9.69 Å². The summed E-state index contributed by atoms with van der Waals surface area (Å²) in [6.07, 6.45) is 2.11. The van der Waals surface area contributed by atoms with Gasteiger partial charge in [-0.05, 0) is 53.3 Å². The highest BCUT2D eigenvalue weighted by Crippen LogP contribution is 2.46. The number of methoxy groups -OCH3 is 2. The van der Waals surface area contributed by atoms with Crippen LogP contribution in [0.15, 0.2) is 54.6 Å². The molecule has 0 fully saturated rings. The van der Waals surface area contributed by atoms with E-state index in [4.69, 9.17) is 18.9 Å². The SMILES string of the molecule is CCC(=O)Oc1ccc2c(c1OC)CN1CCc3cc(OC)c(OCc4ccccc4)cc3C1C2.Cl. The molecular formula is C29H32ClNO5. The Hall–Kier alpha value is -3.22. The Balaban J connectivity index is 0.00000304. The van der Waals surface area contributed by atoms with Crippen LogP contribution in [0, 0.1) is 0 Å². The summed E-state index contributed by atoms with van der Waals surface area (Å²) in [4.78, 5) is 14.4. The van der Waals surface area contributed by atoms with E-state index in [0.29, 0.717) is 24.5 Å². The van der Waals surface area contributed by atoms with E-state index in [0.717, 1.165) is 48.6 Å². The minimum atomic E-state index is -0.263. The number of ether oxygens (including phenoxy) is 4. The molecule has 2 aliphatic heterocycles. The average molecular weight is 510 g/mol. The van der Waals surface area contributed by atoms with Crippen LogP contribution in [0.2, 0.25) is 0 Å². The van der Waals surface area contributed by atoms with Crippen LogP contribution in [0.3, 0.4) is 0 Å². The van der Waals surface area contributed by atoms with Gasteiger partial charge in [-0.25, -0.2) is 0 Å². The first kappa shape index (κ1) is 25.9. The Kier molecular flexibility index (Phi) is 8.07. The first-order valence-electron chi connectivity index (χ1n) is 12.1. The van der Waals surface area contributed by atoms with Crippen molar-refractivity contribution in [3.05, 3.63) is 82.4 Å². The molecule has 3 aromatic rings. The first-order valence-corrected chi connectivity index (χ1v) is 12.1. The monoisotopic (exact) mass is 509 g/mol. The van der Waals surface area contributed by atoms with Crippen molar-refractivity contribution in [3.63, 3.8) is 0 Å². The zero-order valence-corrected chi connectivity index (χ0v) is 21.7. The highest BCUT2D eigenvalue weighted by molar-refractivity contribution is 5.85. The van der Waals surface area contributed by atoms with Gasteiger partial charge in [0.25, 0.3) is 0 Å². The molecule has 0 saturated heterocycles. The van der Waals surface area contributed by atoms with E-state index in [9.17, 15) is 4.79 Å². The van der Waals surface area contributed by atoms with Gasteiger partial charge in [0.2, 0.25) is 0 Å². The lowest BCUT2D eigenvalue weighted by atomic mass is 9.83. The summed E-state index contributed by atoms with van der Waals surface area (Å²) in [6, 6.07) is 18.6. The van der Waals surface area contributed by atoms with E-state index in [1.165, 1.54) is 16.7 Å². The third kappa shape index (κ3) is 5.01. The van der Waals surface area contributed by atoms with Crippen LogP contribution in [-0.2, 0) is 30.8 Å². The van der Waals surface area contributed by atoms with Gasteiger partial charge in [-0.15, -0.1) is 12.4 Å². The number of esters is 1. The molecule has 36 heavy (non-hydrogen) atoms. The van der Waals surface area contributed by atoms with Crippen molar-refractivity contribution in [2.24, 2.45) is 0 Å². The van der Waals surface area contributed by atoms with Crippen molar-refractivity contribution in [2.75, 3.05) is 20.8 Å². The normalized spacial score (nSPS) is 16.0. The molecule has 5 rings (SSSR count).